The molecule has 0 fully saturated rings. The maximum atomic E-state index is 2.49. The lowest BCUT2D eigenvalue weighted by atomic mass is 9.66. The minimum Gasteiger partial charge on any atom is -0.0894 e. The van der Waals surface area contributed by atoms with Crippen molar-refractivity contribution in [2.24, 2.45) is 0 Å². The molecular weight excluding hydrogens is 464 g/mol. The van der Waals surface area contributed by atoms with E-state index >= 15 is 0 Å². The molecule has 0 unspecified atom stereocenters. The molecule has 1 aliphatic heterocycles. The molecule has 0 N–H and O–H groups in total. The van der Waals surface area contributed by atoms with Crippen LogP contribution in [0, 0.1) is 0 Å². The summed E-state index contributed by atoms with van der Waals surface area (Å²) in [6, 6.07) is 49.8. The van der Waals surface area contributed by atoms with Crippen molar-refractivity contribution in [1.29, 1.82) is 0 Å². The van der Waals surface area contributed by atoms with Gasteiger partial charge in [0.2, 0.25) is 0 Å². The van der Waals surface area contributed by atoms with Crippen molar-refractivity contribution >= 4 is 22.5 Å². The molecule has 6 aromatic carbocycles. The summed E-state index contributed by atoms with van der Waals surface area (Å²) in [4.78, 5) is 2.71. The van der Waals surface area contributed by atoms with Gasteiger partial charge in [0.25, 0.3) is 0 Å². The first-order chi connectivity index (χ1) is 18.3. The summed E-state index contributed by atoms with van der Waals surface area (Å²) in [5, 5.41) is 2.60. The Labute approximate surface area is 221 Å². The SMILES string of the molecule is c1ccc(Cc2ccc3c(c2)C2(c4cc5ccccc5cc4S3)c3ccccc3-c3ccccc32)cc1. The number of hydrogen-bond acceptors (Lipinski definition) is 1. The van der Waals surface area contributed by atoms with E-state index in [1.54, 1.807) is 0 Å². The fourth-order valence-electron chi connectivity index (χ4n) is 6.58. The Hall–Kier alpha value is -4.07. The summed E-state index contributed by atoms with van der Waals surface area (Å²) in [5.74, 6) is 0. The molecule has 0 nitrogen and oxygen atoms in total. The Morgan fingerprint density at radius 3 is 1.76 bits per heavy atom. The molecule has 0 atom stereocenters. The molecular formula is C36H24S. The Bertz CT molecular complexity index is 1780. The van der Waals surface area contributed by atoms with Crippen molar-refractivity contribution in [2.75, 3.05) is 0 Å². The van der Waals surface area contributed by atoms with Gasteiger partial charge in [0.1, 0.15) is 0 Å². The molecule has 1 spiro atoms. The smallest absolute Gasteiger partial charge is 0.0735 e. The second-order valence-electron chi connectivity index (χ2n) is 10.1. The van der Waals surface area contributed by atoms with Crippen LogP contribution in [0.1, 0.15) is 33.4 Å². The predicted molar refractivity (Wildman–Crippen MR) is 155 cm³/mol. The lowest BCUT2D eigenvalue weighted by molar-refractivity contribution is 0.722. The average molecular weight is 489 g/mol. The molecule has 0 amide bonds. The maximum absolute atomic E-state index is 2.49. The number of fused-ring (bicyclic) bond motifs is 10. The van der Waals surface area contributed by atoms with Crippen LogP contribution in [0.5, 0.6) is 0 Å². The van der Waals surface area contributed by atoms with Crippen molar-refractivity contribution in [3.63, 3.8) is 0 Å². The molecule has 2 aliphatic rings. The quantitative estimate of drug-likeness (QED) is 0.234. The van der Waals surface area contributed by atoms with Gasteiger partial charge in [-0.3, -0.25) is 0 Å². The number of hydrogen-bond donors (Lipinski definition) is 0. The monoisotopic (exact) mass is 488 g/mol. The van der Waals surface area contributed by atoms with Gasteiger partial charge in [-0.15, -0.1) is 0 Å². The van der Waals surface area contributed by atoms with E-state index < -0.39 is 0 Å². The van der Waals surface area contributed by atoms with Crippen LogP contribution in [0.25, 0.3) is 21.9 Å². The topological polar surface area (TPSA) is 0 Å². The van der Waals surface area contributed by atoms with Gasteiger partial charge in [0, 0.05) is 9.79 Å². The van der Waals surface area contributed by atoms with E-state index in [4.69, 9.17) is 0 Å². The largest absolute Gasteiger partial charge is 0.0894 e. The molecule has 0 aromatic heterocycles. The van der Waals surface area contributed by atoms with E-state index in [-0.39, 0.29) is 5.41 Å². The molecule has 1 aliphatic carbocycles. The molecule has 174 valence electrons. The van der Waals surface area contributed by atoms with E-state index in [9.17, 15) is 0 Å². The molecule has 0 radical (unpaired) electrons. The zero-order valence-electron chi connectivity index (χ0n) is 20.3. The van der Waals surface area contributed by atoms with E-state index in [0.29, 0.717) is 0 Å². The molecule has 1 heterocycles. The van der Waals surface area contributed by atoms with Gasteiger partial charge in [-0.1, -0.05) is 127 Å². The summed E-state index contributed by atoms with van der Waals surface area (Å²) in [7, 11) is 0. The van der Waals surface area contributed by atoms with Gasteiger partial charge in [-0.25, -0.2) is 0 Å². The highest BCUT2D eigenvalue weighted by Crippen LogP contribution is 2.62. The van der Waals surface area contributed by atoms with Gasteiger partial charge < -0.3 is 0 Å². The van der Waals surface area contributed by atoms with Gasteiger partial charge in [0.15, 0.2) is 0 Å². The molecule has 0 bridgehead atoms. The minimum absolute atomic E-state index is 0.333. The van der Waals surface area contributed by atoms with Crippen molar-refractivity contribution in [3.05, 3.63) is 167 Å². The number of benzene rings is 6. The molecule has 8 rings (SSSR count). The predicted octanol–water partition coefficient (Wildman–Crippen LogP) is 9.26. The minimum atomic E-state index is -0.333. The second kappa shape index (κ2) is 7.96. The van der Waals surface area contributed by atoms with Crippen LogP contribution in [0.15, 0.2) is 143 Å². The summed E-state index contributed by atoms with van der Waals surface area (Å²) in [6.07, 6.45) is 0.933. The van der Waals surface area contributed by atoms with Crippen molar-refractivity contribution in [3.8, 4) is 11.1 Å². The van der Waals surface area contributed by atoms with Crippen LogP contribution < -0.4 is 0 Å². The normalized spacial score (nSPS) is 14.2. The third-order valence-corrected chi connectivity index (χ3v) is 9.26. The molecule has 0 saturated carbocycles. The summed E-state index contributed by atoms with van der Waals surface area (Å²) in [6.45, 7) is 0. The Kier molecular flexibility index (Phi) is 4.53. The summed E-state index contributed by atoms with van der Waals surface area (Å²) < 4.78 is 0. The van der Waals surface area contributed by atoms with E-state index in [1.807, 2.05) is 11.8 Å². The first kappa shape index (κ1) is 21.1. The Morgan fingerprint density at radius 2 is 1.03 bits per heavy atom. The molecule has 1 heteroatoms. The fourth-order valence-corrected chi connectivity index (χ4v) is 7.78. The Balaban J connectivity index is 1.48. The van der Waals surface area contributed by atoms with Crippen molar-refractivity contribution in [2.45, 2.75) is 21.6 Å². The lowest BCUT2D eigenvalue weighted by Crippen LogP contribution is -2.32. The van der Waals surface area contributed by atoms with Crippen LogP contribution in [0.3, 0.4) is 0 Å². The van der Waals surface area contributed by atoms with E-state index in [0.717, 1.165) is 6.42 Å². The standard InChI is InChI=1S/C36H24S/c1-2-10-24(11-3-1)20-25-18-19-34-32(21-25)36(33-22-26-12-4-5-13-27(26)23-35(33)37-34)30-16-8-6-14-28(30)29-15-7-9-17-31(29)36/h1-19,21-23H,20H2. The molecule has 0 saturated heterocycles. The zero-order valence-corrected chi connectivity index (χ0v) is 21.1. The van der Waals surface area contributed by atoms with Gasteiger partial charge in [-0.05, 0) is 79.9 Å². The van der Waals surface area contributed by atoms with Crippen LogP contribution in [0.4, 0.5) is 0 Å². The third kappa shape index (κ3) is 2.98. The van der Waals surface area contributed by atoms with Gasteiger partial charge in [0.05, 0.1) is 5.41 Å². The first-order valence-electron chi connectivity index (χ1n) is 12.9. The second-order valence-corrected chi connectivity index (χ2v) is 11.2. The van der Waals surface area contributed by atoms with Crippen molar-refractivity contribution < 1.29 is 0 Å². The van der Waals surface area contributed by atoms with Gasteiger partial charge >= 0.3 is 0 Å². The third-order valence-electron chi connectivity index (χ3n) is 8.12. The average Bonchev–Trinajstić information content (AvgIpc) is 3.24. The highest BCUT2D eigenvalue weighted by atomic mass is 32.2. The highest BCUT2D eigenvalue weighted by Gasteiger charge is 2.50. The fraction of sp³-hybridized carbons (Fsp3) is 0.0556. The van der Waals surface area contributed by atoms with Crippen LogP contribution in [-0.4, -0.2) is 0 Å². The van der Waals surface area contributed by atoms with E-state index in [2.05, 4.69) is 133 Å². The van der Waals surface area contributed by atoms with Crippen LogP contribution in [-0.2, 0) is 11.8 Å². The number of rotatable bonds is 2. The highest BCUT2D eigenvalue weighted by molar-refractivity contribution is 7.99. The summed E-state index contributed by atoms with van der Waals surface area (Å²) >= 11 is 1.92. The maximum Gasteiger partial charge on any atom is 0.0735 e. The van der Waals surface area contributed by atoms with Crippen molar-refractivity contribution in [1.82, 2.24) is 0 Å². The summed E-state index contributed by atoms with van der Waals surface area (Å²) in [5.41, 5.74) is 10.7. The van der Waals surface area contributed by atoms with Gasteiger partial charge in [-0.2, -0.15) is 0 Å². The van der Waals surface area contributed by atoms with Crippen LogP contribution >= 0.6 is 11.8 Å². The van der Waals surface area contributed by atoms with E-state index in [1.165, 1.54) is 65.1 Å². The Morgan fingerprint density at radius 1 is 0.432 bits per heavy atom. The molecule has 6 aromatic rings. The van der Waals surface area contributed by atoms with Crippen LogP contribution in [0.2, 0.25) is 0 Å². The lowest BCUT2D eigenvalue weighted by Gasteiger charge is -2.40. The zero-order chi connectivity index (χ0) is 24.4. The molecule has 37 heavy (non-hydrogen) atoms. The first-order valence-corrected chi connectivity index (χ1v) is 13.7.